The lowest BCUT2D eigenvalue weighted by molar-refractivity contribution is 0.587. The fourth-order valence-electron chi connectivity index (χ4n) is 3.71. The summed E-state index contributed by atoms with van der Waals surface area (Å²) in [6, 6.07) is 12.6. The van der Waals surface area contributed by atoms with E-state index in [0.29, 0.717) is 6.54 Å². The molecule has 0 fully saturated rings. The molecule has 0 saturated heterocycles. The fraction of sp³-hybridized carbons (Fsp3) is 0.286. The molecule has 0 spiro atoms. The molecule has 30 heavy (non-hydrogen) atoms. The maximum Gasteiger partial charge on any atom is 0.160 e. The van der Waals surface area contributed by atoms with Crippen molar-refractivity contribution in [1.29, 1.82) is 0 Å². The molecule has 0 amide bonds. The number of imidazole rings is 2. The molecule has 4 heterocycles. The van der Waals surface area contributed by atoms with Gasteiger partial charge in [-0.15, -0.1) is 24.8 Å². The Labute approximate surface area is 188 Å². The zero-order valence-electron chi connectivity index (χ0n) is 16.5. The number of benzene rings is 1. The minimum Gasteiger partial charge on any atom is -0.329 e. The molecule has 1 N–H and O–H groups in total. The number of rotatable bonds is 5. The molecule has 0 atom stereocenters. The number of fused-ring (bicyclic) bond motifs is 1. The molecule has 0 aliphatic carbocycles. The van der Waals surface area contributed by atoms with Gasteiger partial charge in [0.15, 0.2) is 5.82 Å². The number of aryl methyl sites for hydroxylation is 1. The lowest BCUT2D eigenvalue weighted by Gasteiger charge is -2.10. The first-order valence-corrected chi connectivity index (χ1v) is 9.70. The molecule has 0 saturated carbocycles. The first-order chi connectivity index (χ1) is 13.9. The highest BCUT2D eigenvalue weighted by molar-refractivity contribution is 5.85. The van der Waals surface area contributed by atoms with Gasteiger partial charge < -0.3 is 14.5 Å². The molecule has 7 nitrogen and oxygen atoms in total. The minimum atomic E-state index is 0. The van der Waals surface area contributed by atoms with Crippen molar-refractivity contribution in [3.63, 3.8) is 0 Å². The van der Waals surface area contributed by atoms with Crippen molar-refractivity contribution in [3.05, 3.63) is 78.3 Å². The topological polar surface area (TPSA) is 65.5 Å². The molecule has 1 aromatic carbocycles. The molecule has 0 radical (unpaired) electrons. The average molecular weight is 446 g/mol. The van der Waals surface area contributed by atoms with E-state index in [0.717, 1.165) is 49.9 Å². The summed E-state index contributed by atoms with van der Waals surface area (Å²) < 4.78 is 6.41. The van der Waals surface area contributed by atoms with E-state index in [2.05, 4.69) is 59.4 Å². The highest BCUT2D eigenvalue weighted by atomic mass is 35.5. The lowest BCUT2D eigenvalue weighted by Crippen LogP contribution is -2.11. The molecule has 9 heteroatoms. The third kappa shape index (κ3) is 4.59. The van der Waals surface area contributed by atoms with E-state index >= 15 is 0 Å². The van der Waals surface area contributed by atoms with Crippen molar-refractivity contribution in [2.75, 3.05) is 6.54 Å². The van der Waals surface area contributed by atoms with Gasteiger partial charge in [-0.2, -0.15) is 5.10 Å². The predicted molar refractivity (Wildman–Crippen MR) is 121 cm³/mol. The SMILES string of the molecule is Cl.Cl.c1ccc(Cn2ccnc2Cn2ccnc2-c2cc3n(n2)CCCNC3)cc1. The third-order valence-corrected chi connectivity index (χ3v) is 5.15. The second-order valence-corrected chi connectivity index (χ2v) is 7.11. The van der Waals surface area contributed by atoms with E-state index in [-0.39, 0.29) is 24.8 Å². The van der Waals surface area contributed by atoms with Crippen molar-refractivity contribution < 1.29 is 0 Å². The van der Waals surface area contributed by atoms with E-state index in [9.17, 15) is 0 Å². The van der Waals surface area contributed by atoms with Crippen molar-refractivity contribution in [2.45, 2.75) is 32.6 Å². The monoisotopic (exact) mass is 445 g/mol. The van der Waals surface area contributed by atoms with E-state index in [1.807, 2.05) is 30.9 Å². The molecular formula is C21H25Cl2N7. The number of hydrogen-bond acceptors (Lipinski definition) is 4. The quantitative estimate of drug-likeness (QED) is 0.511. The smallest absolute Gasteiger partial charge is 0.160 e. The van der Waals surface area contributed by atoms with Crippen LogP contribution < -0.4 is 5.32 Å². The molecule has 5 rings (SSSR count). The van der Waals surface area contributed by atoms with E-state index in [1.54, 1.807) is 0 Å². The van der Waals surface area contributed by atoms with Gasteiger partial charge in [-0.3, -0.25) is 4.68 Å². The summed E-state index contributed by atoms with van der Waals surface area (Å²) in [6.45, 7) is 4.32. The van der Waals surface area contributed by atoms with Crippen LogP contribution in [0.1, 0.15) is 23.5 Å². The number of aromatic nitrogens is 6. The second kappa shape index (κ2) is 9.93. The van der Waals surface area contributed by atoms with Gasteiger partial charge in [-0.25, -0.2) is 9.97 Å². The zero-order chi connectivity index (χ0) is 18.8. The van der Waals surface area contributed by atoms with Gasteiger partial charge in [0.1, 0.15) is 11.5 Å². The first-order valence-electron chi connectivity index (χ1n) is 9.70. The van der Waals surface area contributed by atoms with E-state index in [4.69, 9.17) is 5.10 Å². The maximum atomic E-state index is 4.80. The van der Waals surface area contributed by atoms with Gasteiger partial charge in [0.05, 0.1) is 12.2 Å². The highest BCUT2D eigenvalue weighted by Gasteiger charge is 2.16. The third-order valence-electron chi connectivity index (χ3n) is 5.15. The van der Waals surface area contributed by atoms with Crippen LogP contribution in [0.3, 0.4) is 0 Å². The summed E-state index contributed by atoms with van der Waals surface area (Å²) >= 11 is 0. The van der Waals surface area contributed by atoms with Gasteiger partial charge in [-0.1, -0.05) is 30.3 Å². The molecule has 1 aliphatic heterocycles. The van der Waals surface area contributed by atoms with Gasteiger partial charge in [0.2, 0.25) is 0 Å². The summed E-state index contributed by atoms with van der Waals surface area (Å²) in [4.78, 5) is 9.16. The second-order valence-electron chi connectivity index (χ2n) is 7.11. The number of hydrogen-bond donors (Lipinski definition) is 1. The van der Waals surface area contributed by atoms with Gasteiger partial charge in [-0.05, 0) is 24.6 Å². The Balaban J connectivity index is 0.00000128. The van der Waals surface area contributed by atoms with Crippen molar-refractivity contribution in [3.8, 4) is 11.5 Å². The summed E-state index contributed by atoms with van der Waals surface area (Å²) in [7, 11) is 0. The lowest BCUT2D eigenvalue weighted by atomic mass is 10.2. The Morgan fingerprint density at radius 2 is 1.73 bits per heavy atom. The van der Waals surface area contributed by atoms with E-state index in [1.165, 1.54) is 11.3 Å². The standard InChI is InChI=1S/C21H23N7.2ClH/c1-2-5-17(6-3-1)15-26-11-8-23-20(26)16-27-12-9-24-21(27)19-13-18-14-22-7-4-10-28(18)25-19;;/h1-3,5-6,8-9,11-13,22H,4,7,10,14-16H2;2*1H. The van der Waals surface area contributed by atoms with Gasteiger partial charge in [0.25, 0.3) is 0 Å². The van der Waals surface area contributed by atoms with E-state index < -0.39 is 0 Å². The van der Waals surface area contributed by atoms with Crippen molar-refractivity contribution in [2.24, 2.45) is 0 Å². The van der Waals surface area contributed by atoms with Crippen LogP contribution in [0.4, 0.5) is 0 Å². The van der Waals surface area contributed by atoms with Crippen LogP contribution in [0.5, 0.6) is 0 Å². The van der Waals surface area contributed by atoms with Gasteiger partial charge >= 0.3 is 0 Å². The van der Waals surface area contributed by atoms with Crippen LogP contribution in [-0.4, -0.2) is 35.4 Å². The maximum absolute atomic E-state index is 4.80. The normalized spacial score (nSPS) is 13.1. The molecule has 3 aromatic heterocycles. The first kappa shape index (κ1) is 22.1. The number of nitrogens with zero attached hydrogens (tertiary/aromatic N) is 6. The van der Waals surface area contributed by atoms with Crippen molar-refractivity contribution >= 4 is 24.8 Å². The predicted octanol–water partition coefficient (Wildman–Crippen LogP) is 3.38. The molecule has 158 valence electrons. The molecule has 4 aromatic rings. The van der Waals surface area contributed by atoms with Crippen molar-refractivity contribution in [1.82, 2.24) is 34.2 Å². The Kier molecular flexibility index (Phi) is 7.31. The summed E-state index contributed by atoms with van der Waals surface area (Å²) in [5.74, 6) is 1.89. The summed E-state index contributed by atoms with van der Waals surface area (Å²) in [5, 5.41) is 8.24. The van der Waals surface area contributed by atoms with Crippen LogP contribution in [0.2, 0.25) is 0 Å². The number of nitrogens with one attached hydrogen (secondary N) is 1. The number of halogens is 2. The molecule has 0 unspecified atom stereocenters. The Morgan fingerprint density at radius 1 is 0.933 bits per heavy atom. The average Bonchev–Trinajstić information content (AvgIpc) is 3.41. The van der Waals surface area contributed by atoms with Crippen LogP contribution >= 0.6 is 24.8 Å². The fourth-order valence-corrected chi connectivity index (χ4v) is 3.71. The Bertz CT molecular complexity index is 1040. The largest absolute Gasteiger partial charge is 0.329 e. The van der Waals surface area contributed by atoms with Crippen LogP contribution in [0, 0.1) is 0 Å². The molecule has 0 bridgehead atoms. The minimum absolute atomic E-state index is 0. The Hall–Kier alpha value is -2.61. The van der Waals surface area contributed by atoms with Crippen LogP contribution in [0.15, 0.2) is 61.2 Å². The van der Waals surface area contributed by atoms with Crippen LogP contribution in [-0.2, 0) is 26.2 Å². The van der Waals surface area contributed by atoms with Crippen LogP contribution in [0.25, 0.3) is 11.5 Å². The molecular weight excluding hydrogens is 421 g/mol. The summed E-state index contributed by atoms with van der Waals surface area (Å²) in [6.07, 6.45) is 8.82. The molecule has 1 aliphatic rings. The summed E-state index contributed by atoms with van der Waals surface area (Å²) in [5.41, 5.74) is 3.40. The zero-order valence-corrected chi connectivity index (χ0v) is 18.1. The Morgan fingerprint density at radius 3 is 2.60 bits per heavy atom. The van der Waals surface area contributed by atoms with Gasteiger partial charge in [0, 0.05) is 44.4 Å². The highest BCUT2D eigenvalue weighted by Crippen LogP contribution is 2.20.